The fourth-order valence-corrected chi connectivity index (χ4v) is 1.10. The monoisotopic (exact) mass is 257 g/mol. The van der Waals surface area contributed by atoms with Gasteiger partial charge in [-0.15, -0.1) is 0 Å². The smallest absolute Gasteiger partial charge is 0.325 e. The van der Waals surface area contributed by atoms with E-state index in [2.05, 4.69) is 10.1 Å². The van der Waals surface area contributed by atoms with Gasteiger partial charge in [0, 0.05) is 5.02 Å². The first-order valence-electron chi connectivity index (χ1n) is 4.83. The van der Waals surface area contributed by atoms with E-state index in [1.165, 1.54) is 7.11 Å². The molecule has 6 heteroatoms. The highest BCUT2D eigenvalue weighted by Gasteiger charge is 2.05. The fourth-order valence-electron chi connectivity index (χ4n) is 0.974. The lowest BCUT2D eigenvalue weighted by Gasteiger charge is -2.06. The first-order valence-corrected chi connectivity index (χ1v) is 5.21. The molecule has 0 saturated heterocycles. The number of esters is 1. The molecule has 0 aromatic heterocycles. The molecule has 1 N–H and O–H groups in total. The second-order valence-electron chi connectivity index (χ2n) is 3.10. The Balaban J connectivity index is 2.28. The molecular weight excluding hydrogens is 246 g/mol. The number of rotatable bonds is 5. The molecular formula is C11H12ClNO4. The Bertz CT molecular complexity index is 391. The maximum atomic E-state index is 11.2. The highest BCUT2D eigenvalue weighted by atomic mass is 35.5. The second kappa shape index (κ2) is 6.75. The Labute approximate surface area is 104 Å². The van der Waals surface area contributed by atoms with Crippen molar-refractivity contribution in [2.45, 2.75) is 0 Å². The van der Waals surface area contributed by atoms with Gasteiger partial charge in [0.25, 0.3) is 5.91 Å². The van der Waals surface area contributed by atoms with E-state index in [1.807, 2.05) is 0 Å². The minimum atomic E-state index is -0.509. The molecule has 17 heavy (non-hydrogen) atoms. The maximum absolute atomic E-state index is 11.2. The van der Waals surface area contributed by atoms with Crippen molar-refractivity contribution >= 4 is 23.5 Å². The summed E-state index contributed by atoms with van der Waals surface area (Å²) in [4.78, 5) is 22.0. The molecule has 1 amide bonds. The molecule has 0 unspecified atom stereocenters. The lowest BCUT2D eigenvalue weighted by atomic mass is 10.3. The van der Waals surface area contributed by atoms with Gasteiger partial charge >= 0.3 is 5.97 Å². The average Bonchev–Trinajstić information content (AvgIpc) is 2.35. The Morgan fingerprint density at radius 1 is 1.29 bits per heavy atom. The van der Waals surface area contributed by atoms with Crippen molar-refractivity contribution in [3.05, 3.63) is 29.3 Å². The van der Waals surface area contributed by atoms with Crippen LogP contribution in [0, 0.1) is 0 Å². The highest BCUT2D eigenvalue weighted by molar-refractivity contribution is 6.30. The van der Waals surface area contributed by atoms with Gasteiger partial charge in [-0.2, -0.15) is 0 Å². The van der Waals surface area contributed by atoms with Crippen molar-refractivity contribution in [1.82, 2.24) is 5.32 Å². The molecule has 0 radical (unpaired) electrons. The number of methoxy groups -OCH3 is 1. The van der Waals surface area contributed by atoms with Crippen LogP contribution in [0.2, 0.25) is 5.02 Å². The van der Waals surface area contributed by atoms with Crippen LogP contribution in [-0.2, 0) is 14.3 Å². The Kier molecular flexibility index (Phi) is 5.29. The van der Waals surface area contributed by atoms with Gasteiger partial charge in [0.2, 0.25) is 0 Å². The Morgan fingerprint density at radius 3 is 2.53 bits per heavy atom. The number of halogens is 1. The predicted molar refractivity (Wildman–Crippen MR) is 62.0 cm³/mol. The van der Waals surface area contributed by atoms with Gasteiger partial charge in [0.05, 0.1) is 7.11 Å². The van der Waals surface area contributed by atoms with Crippen LogP contribution in [-0.4, -0.2) is 32.1 Å². The van der Waals surface area contributed by atoms with Crippen molar-refractivity contribution in [3.8, 4) is 5.75 Å². The minimum absolute atomic E-state index is 0.167. The minimum Gasteiger partial charge on any atom is -0.484 e. The number of benzene rings is 1. The van der Waals surface area contributed by atoms with Gasteiger partial charge in [-0.25, -0.2) is 0 Å². The number of hydrogen-bond acceptors (Lipinski definition) is 4. The third kappa shape index (κ3) is 5.21. The molecule has 0 spiro atoms. The molecule has 1 rings (SSSR count). The van der Waals surface area contributed by atoms with Gasteiger partial charge in [-0.1, -0.05) is 11.6 Å². The normalized spacial score (nSPS) is 9.53. The van der Waals surface area contributed by atoms with Crippen LogP contribution >= 0.6 is 11.6 Å². The molecule has 0 aliphatic rings. The van der Waals surface area contributed by atoms with Gasteiger partial charge in [0.15, 0.2) is 6.61 Å². The topological polar surface area (TPSA) is 64.6 Å². The Morgan fingerprint density at radius 2 is 1.94 bits per heavy atom. The van der Waals surface area contributed by atoms with Crippen molar-refractivity contribution < 1.29 is 19.1 Å². The largest absolute Gasteiger partial charge is 0.484 e. The molecule has 0 atom stereocenters. The number of amides is 1. The SMILES string of the molecule is COC(=O)CNC(=O)COc1ccc(Cl)cc1. The molecule has 0 fully saturated rings. The quantitative estimate of drug-likeness (QED) is 0.800. The molecule has 5 nitrogen and oxygen atoms in total. The van der Waals surface area contributed by atoms with E-state index in [1.54, 1.807) is 24.3 Å². The number of hydrogen-bond donors (Lipinski definition) is 1. The van der Waals surface area contributed by atoms with Crippen LogP contribution in [0.3, 0.4) is 0 Å². The van der Waals surface area contributed by atoms with E-state index >= 15 is 0 Å². The Hall–Kier alpha value is -1.75. The van der Waals surface area contributed by atoms with Crippen LogP contribution in [0.4, 0.5) is 0 Å². The number of carbonyl (C=O) groups excluding carboxylic acids is 2. The van der Waals surface area contributed by atoms with Crippen molar-refractivity contribution in [2.24, 2.45) is 0 Å². The van der Waals surface area contributed by atoms with Gasteiger partial charge in [-0.3, -0.25) is 9.59 Å². The zero-order valence-corrected chi connectivity index (χ0v) is 9.99. The second-order valence-corrected chi connectivity index (χ2v) is 3.53. The summed E-state index contributed by atoms with van der Waals surface area (Å²) in [6.07, 6.45) is 0. The third-order valence-corrected chi connectivity index (χ3v) is 2.09. The zero-order valence-electron chi connectivity index (χ0n) is 9.23. The molecule has 1 aromatic rings. The first-order chi connectivity index (χ1) is 8.11. The predicted octanol–water partition coefficient (Wildman–Crippen LogP) is 1.01. The van der Waals surface area contributed by atoms with E-state index in [4.69, 9.17) is 16.3 Å². The van der Waals surface area contributed by atoms with E-state index in [0.29, 0.717) is 10.8 Å². The van der Waals surface area contributed by atoms with E-state index in [9.17, 15) is 9.59 Å². The van der Waals surface area contributed by atoms with Crippen molar-refractivity contribution in [2.75, 3.05) is 20.3 Å². The number of nitrogens with one attached hydrogen (secondary N) is 1. The molecule has 92 valence electrons. The fraction of sp³-hybridized carbons (Fsp3) is 0.273. The summed E-state index contributed by atoms with van der Waals surface area (Å²) < 4.78 is 9.53. The summed E-state index contributed by atoms with van der Waals surface area (Å²) in [6.45, 7) is -0.335. The molecule has 0 aliphatic heterocycles. The van der Waals surface area contributed by atoms with Crippen molar-refractivity contribution in [3.63, 3.8) is 0 Å². The van der Waals surface area contributed by atoms with Crippen LogP contribution in [0.5, 0.6) is 5.75 Å². The van der Waals surface area contributed by atoms with Crippen molar-refractivity contribution in [1.29, 1.82) is 0 Å². The standard InChI is InChI=1S/C11H12ClNO4/c1-16-11(15)6-13-10(14)7-17-9-4-2-8(12)3-5-9/h2-5H,6-7H2,1H3,(H,13,14). The third-order valence-electron chi connectivity index (χ3n) is 1.84. The summed E-state index contributed by atoms with van der Waals surface area (Å²) in [6, 6.07) is 6.61. The summed E-state index contributed by atoms with van der Waals surface area (Å²) in [5.74, 6) is -0.377. The van der Waals surface area contributed by atoms with Crippen LogP contribution in [0.25, 0.3) is 0 Å². The summed E-state index contributed by atoms with van der Waals surface area (Å²) >= 11 is 5.69. The van der Waals surface area contributed by atoms with Crippen LogP contribution in [0.15, 0.2) is 24.3 Å². The van der Waals surface area contributed by atoms with Gasteiger partial charge < -0.3 is 14.8 Å². The lowest BCUT2D eigenvalue weighted by Crippen LogP contribution is -2.33. The maximum Gasteiger partial charge on any atom is 0.325 e. The average molecular weight is 258 g/mol. The zero-order chi connectivity index (χ0) is 12.7. The number of carbonyl (C=O) groups is 2. The van der Waals surface area contributed by atoms with E-state index in [0.717, 1.165) is 0 Å². The molecule has 1 aromatic carbocycles. The van der Waals surface area contributed by atoms with Crippen LogP contribution in [0.1, 0.15) is 0 Å². The number of ether oxygens (including phenoxy) is 2. The van der Waals surface area contributed by atoms with E-state index < -0.39 is 11.9 Å². The molecule has 0 aliphatic carbocycles. The summed E-state index contributed by atoms with van der Waals surface area (Å²) in [7, 11) is 1.25. The van der Waals surface area contributed by atoms with E-state index in [-0.39, 0.29) is 13.2 Å². The lowest BCUT2D eigenvalue weighted by molar-refractivity contribution is -0.141. The molecule has 0 heterocycles. The molecule has 0 bridgehead atoms. The first kappa shape index (κ1) is 13.3. The molecule has 0 saturated carbocycles. The van der Waals surface area contributed by atoms with Gasteiger partial charge in [0.1, 0.15) is 12.3 Å². The summed E-state index contributed by atoms with van der Waals surface area (Å²) in [5.41, 5.74) is 0. The van der Waals surface area contributed by atoms with Crippen LogP contribution < -0.4 is 10.1 Å². The van der Waals surface area contributed by atoms with Gasteiger partial charge in [-0.05, 0) is 24.3 Å². The highest BCUT2D eigenvalue weighted by Crippen LogP contribution is 2.15. The summed E-state index contributed by atoms with van der Waals surface area (Å²) in [5, 5.41) is 2.94.